The summed E-state index contributed by atoms with van der Waals surface area (Å²) in [5.74, 6) is 0. The lowest BCUT2D eigenvalue weighted by atomic mass is 10.0. The lowest BCUT2D eigenvalue weighted by Crippen LogP contribution is -1.91. The summed E-state index contributed by atoms with van der Waals surface area (Å²) >= 11 is 0. The standard InChI is InChI=1S/C20H43O2P/c1-4-5-6-7-8-9-10-11-12-13-14-15-16-17-18-19-20-23(3,21)22-2/h4-20H2,1-3H3. The van der Waals surface area contributed by atoms with Crippen molar-refractivity contribution in [3.8, 4) is 0 Å². The van der Waals surface area contributed by atoms with Gasteiger partial charge in [0.05, 0.1) is 0 Å². The molecule has 3 heteroatoms. The van der Waals surface area contributed by atoms with E-state index in [4.69, 9.17) is 4.52 Å². The Kier molecular flexibility index (Phi) is 17.2. The van der Waals surface area contributed by atoms with Crippen LogP contribution in [0.1, 0.15) is 110 Å². The second-order valence-electron chi connectivity index (χ2n) is 7.22. The molecule has 0 N–H and O–H groups in total. The minimum absolute atomic E-state index is 0.752. The number of hydrogen-bond donors (Lipinski definition) is 0. The van der Waals surface area contributed by atoms with E-state index in [1.54, 1.807) is 13.8 Å². The first-order chi connectivity index (χ1) is 11.1. The monoisotopic (exact) mass is 346 g/mol. The van der Waals surface area contributed by atoms with Crippen LogP contribution in [0.2, 0.25) is 0 Å². The van der Waals surface area contributed by atoms with Gasteiger partial charge in [-0.15, -0.1) is 0 Å². The van der Waals surface area contributed by atoms with Gasteiger partial charge in [0.2, 0.25) is 0 Å². The molecule has 0 aliphatic heterocycles. The molecule has 0 bridgehead atoms. The normalized spacial score (nSPS) is 14.0. The molecule has 0 fully saturated rings. The molecular formula is C20H43O2P. The molecule has 0 aliphatic rings. The Labute approximate surface area is 146 Å². The Morgan fingerprint density at radius 2 is 0.913 bits per heavy atom. The molecule has 0 saturated heterocycles. The first-order valence-electron chi connectivity index (χ1n) is 10.2. The second kappa shape index (κ2) is 17.0. The number of hydrogen-bond acceptors (Lipinski definition) is 2. The molecule has 0 amide bonds. The minimum Gasteiger partial charge on any atom is -0.332 e. The third-order valence-electron chi connectivity index (χ3n) is 4.80. The van der Waals surface area contributed by atoms with Crippen LogP contribution in [0.3, 0.4) is 0 Å². The highest BCUT2D eigenvalue weighted by Gasteiger charge is 2.11. The van der Waals surface area contributed by atoms with Gasteiger partial charge in [-0.05, 0) is 6.42 Å². The van der Waals surface area contributed by atoms with Crippen LogP contribution in [0, 0.1) is 0 Å². The SMILES string of the molecule is CCCCCCCCCCCCCCCCCCP(C)(=O)OC. The quantitative estimate of drug-likeness (QED) is 0.187. The highest BCUT2D eigenvalue weighted by atomic mass is 31.2. The third kappa shape index (κ3) is 18.4. The summed E-state index contributed by atoms with van der Waals surface area (Å²) in [6.07, 6.45) is 22.7. The first kappa shape index (κ1) is 23.2. The molecule has 0 heterocycles. The molecule has 2 nitrogen and oxygen atoms in total. The van der Waals surface area contributed by atoms with Gasteiger partial charge < -0.3 is 4.52 Å². The van der Waals surface area contributed by atoms with Gasteiger partial charge in [0, 0.05) is 19.9 Å². The van der Waals surface area contributed by atoms with Gasteiger partial charge in [0.15, 0.2) is 7.37 Å². The van der Waals surface area contributed by atoms with E-state index in [2.05, 4.69) is 6.92 Å². The Bertz CT molecular complexity index is 279. The topological polar surface area (TPSA) is 26.3 Å². The highest BCUT2D eigenvalue weighted by Crippen LogP contribution is 2.42. The fourth-order valence-corrected chi connectivity index (χ4v) is 4.02. The average Bonchev–Trinajstić information content (AvgIpc) is 2.54. The van der Waals surface area contributed by atoms with E-state index >= 15 is 0 Å². The summed E-state index contributed by atoms with van der Waals surface area (Å²) in [6.45, 7) is 4.03. The Balaban J connectivity index is 3.07. The summed E-state index contributed by atoms with van der Waals surface area (Å²) < 4.78 is 16.7. The molecule has 23 heavy (non-hydrogen) atoms. The summed E-state index contributed by atoms with van der Waals surface area (Å²) in [6, 6.07) is 0. The lowest BCUT2D eigenvalue weighted by molar-refractivity contribution is 0.396. The zero-order chi connectivity index (χ0) is 17.2. The highest BCUT2D eigenvalue weighted by molar-refractivity contribution is 7.58. The van der Waals surface area contributed by atoms with E-state index in [9.17, 15) is 4.57 Å². The zero-order valence-corrected chi connectivity index (χ0v) is 17.2. The van der Waals surface area contributed by atoms with E-state index in [-0.39, 0.29) is 0 Å². The van der Waals surface area contributed by atoms with Crippen LogP contribution in [0.5, 0.6) is 0 Å². The van der Waals surface area contributed by atoms with Gasteiger partial charge in [-0.3, -0.25) is 4.57 Å². The van der Waals surface area contributed by atoms with Crippen molar-refractivity contribution in [1.29, 1.82) is 0 Å². The van der Waals surface area contributed by atoms with E-state index < -0.39 is 7.37 Å². The van der Waals surface area contributed by atoms with Gasteiger partial charge in [0.1, 0.15) is 0 Å². The maximum absolute atomic E-state index is 11.7. The average molecular weight is 347 g/mol. The van der Waals surface area contributed by atoms with Crippen molar-refractivity contribution in [2.24, 2.45) is 0 Å². The molecule has 140 valence electrons. The fraction of sp³-hybridized carbons (Fsp3) is 1.00. The van der Waals surface area contributed by atoms with Crippen molar-refractivity contribution in [2.75, 3.05) is 19.9 Å². The van der Waals surface area contributed by atoms with Crippen LogP contribution >= 0.6 is 7.37 Å². The molecular weight excluding hydrogens is 303 g/mol. The van der Waals surface area contributed by atoms with Crippen LogP contribution in [-0.2, 0) is 9.09 Å². The lowest BCUT2D eigenvalue weighted by Gasteiger charge is -2.09. The molecule has 0 spiro atoms. The van der Waals surface area contributed by atoms with Gasteiger partial charge in [0.25, 0.3) is 0 Å². The summed E-state index contributed by atoms with van der Waals surface area (Å²) in [5, 5.41) is 0. The minimum atomic E-state index is -2.26. The first-order valence-corrected chi connectivity index (χ1v) is 12.5. The van der Waals surface area contributed by atoms with Crippen molar-refractivity contribution >= 4 is 7.37 Å². The van der Waals surface area contributed by atoms with Gasteiger partial charge in [-0.1, -0.05) is 103 Å². The van der Waals surface area contributed by atoms with Gasteiger partial charge in [-0.2, -0.15) is 0 Å². The van der Waals surface area contributed by atoms with E-state index in [0.29, 0.717) is 0 Å². The van der Waals surface area contributed by atoms with Crippen LogP contribution in [0.15, 0.2) is 0 Å². The fourth-order valence-electron chi connectivity index (χ4n) is 3.04. The Morgan fingerprint density at radius 1 is 0.609 bits per heavy atom. The van der Waals surface area contributed by atoms with Crippen molar-refractivity contribution in [3.63, 3.8) is 0 Å². The van der Waals surface area contributed by atoms with E-state index in [1.165, 1.54) is 96.3 Å². The van der Waals surface area contributed by atoms with Crippen molar-refractivity contribution in [3.05, 3.63) is 0 Å². The smallest absolute Gasteiger partial charge is 0.199 e. The largest absolute Gasteiger partial charge is 0.332 e. The Hall–Kier alpha value is 0.190. The van der Waals surface area contributed by atoms with Crippen molar-refractivity contribution in [2.45, 2.75) is 110 Å². The molecule has 1 atom stereocenters. The summed E-state index contributed by atoms with van der Waals surface area (Å²) in [5.41, 5.74) is 0. The molecule has 0 aromatic rings. The number of rotatable bonds is 18. The molecule has 0 saturated carbocycles. The molecule has 0 aliphatic carbocycles. The molecule has 0 rings (SSSR count). The van der Waals surface area contributed by atoms with Gasteiger partial charge in [-0.25, -0.2) is 0 Å². The second-order valence-corrected chi connectivity index (χ2v) is 10.1. The van der Waals surface area contributed by atoms with Crippen molar-refractivity contribution < 1.29 is 9.09 Å². The summed E-state index contributed by atoms with van der Waals surface area (Å²) in [4.78, 5) is 0. The maximum Gasteiger partial charge on any atom is 0.199 e. The number of unbranched alkanes of at least 4 members (excludes halogenated alkanes) is 15. The van der Waals surface area contributed by atoms with Crippen molar-refractivity contribution in [1.82, 2.24) is 0 Å². The van der Waals surface area contributed by atoms with Crippen LogP contribution in [0.25, 0.3) is 0 Å². The zero-order valence-electron chi connectivity index (χ0n) is 16.3. The predicted molar refractivity (Wildman–Crippen MR) is 105 cm³/mol. The third-order valence-corrected chi connectivity index (χ3v) is 6.71. The maximum atomic E-state index is 11.7. The molecule has 0 aromatic heterocycles. The molecule has 0 radical (unpaired) electrons. The Morgan fingerprint density at radius 3 is 1.22 bits per heavy atom. The summed E-state index contributed by atoms with van der Waals surface area (Å²) in [7, 11) is -0.699. The van der Waals surface area contributed by atoms with Gasteiger partial charge >= 0.3 is 0 Å². The van der Waals surface area contributed by atoms with E-state index in [1.807, 2.05) is 0 Å². The molecule has 0 aromatic carbocycles. The van der Waals surface area contributed by atoms with E-state index in [0.717, 1.165) is 12.6 Å². The van der Waals surface area contributed by atoms with Crippen LogP contribution in [0.4, 0.5) is 0 Å². The predicted octanol–water partition coefficient (Wildman–Crippen LogP) is 7.80. The molecule has 1 unspecified atom stereocenters. The van der Waals surface area contributed by atoms with Crippen LogP contribution in [-0.4, -0.2) is 19.9 Å². The van der Waals surface area contributed by atoms with Crippen LogP contribution < -0.4 is 0 Å².